The molecule has 4 rings (SSSR count). The Morgan fingerprint density at radius 1 is 0.867 bits per heavy atom. The number of nitrogens with one attached hydrogen (secondary N) is 1. The molecule has 45 heavy (non-hydrogen) atoms. The molecular formula is C37H38BrNO6. The molecule has 0 radical (unpaired) electrons. The van der Waals surface area contributed by atoms with E-state index in [0.29, 0.717) is 22.4 Å². The van der Waals surface area contributed by atoms with E-state index in [1.807, 2.05) is 91.0 Å². The molecule has 0 saturated heterocycles. The van der Waals surface area contributed by atoms with Crippen molar-refractivity contribution in [3.63, 3.8) is 0 Å². The van der Waals surface area contributed by atoms with E-state index < -0.39 is 29.6 Å². The van der Waals surface area contributed by atoms with Crippen molar-refractivity contribution in [3.8, 4) is 11.5 Å². The van der Waals surface area contributed by atoms with Gasteiger partial charge in [-0.05, 0) is 65.5 Å². The maximum atomic E-state index is 13.3. The number of carbonyl (C=O) groups excluding carboxylic acids is 2. The van der Waals surface area contributed by atoms with Gasteiger partial charge >= 0.3 is 12.1 Å². The number of rotatable bonds is 12. The molecule has 0 aliphatic carbocycles. The number of halogens is 1. The Hall–Kier alpha value is -4.56. The van der Waals surface area contributed by atoms with Crippen molar-refractivity contribution in [2.75, 3.05) is 0 Å². The number of allylic oxidation sites excluding steroid dienone is 1. The molecule has 2 N–H and O–H groups in total. The molecule has 0 aliphatic heterocycles. The average molecular weight is 673 g/mol. The van der Waals surface area contributed by atoms with Crippen molar-refractivity contribution in [2.45, 2.75) is 58.0 Å². The van der Waals surface area contributed by atoms with E-state index in [-0.39, 0.29) is 18.8 Å². The maximum Gasteiger partial charge on any atom is 0.408 e. The molecule has 1 amide bonds. The van der Waals surface area contributed by atoms with Gasteiger partial charge in [0.1, 0.15) is 36.4 Å². The van der Waals surface area contributed by atoms with Gasteiger partial charge in [0.25, 0.3) is 0 Å². The molecule has 0 heterocycles. The Labute approximate surface area is 273 Å². The van der Waals surface area contributed by atoms with Gasteiger partial charge in [-0.2, -0.15) is 0 Å². The molecule has 4 aromatic rings. The molecule has 4 aromatic carbocycles. The van der Waals surface area contributed by atoms with Gasteiger partial charge in [-0.1, -0.05) is 91.0 Å². The minimum atomic E-state index is -1.03. The van der Waals surface area contributed by atoms with E-state index in [2.05, 4.69) is 27.8 Å². The fourth-order valence-electron chi connectivity index (χ4n) is 4.75. The number of hydrogen-bond acceptors (Lipinski definition) is 6. The number of carbonyl (C=O) groups is 2. The fraction of sp³-hybridized carbons (Fsp3) is 0.243. The van der Waals surface area contributed by atoms with Crippen molar-refractivity contribution in [1.82, 2.24) is 5.32 Å². The molecule has 0 aromatic heterocycles. The van der Waals surface area contributed by atoms with Crippen LogP contribution in [0, 0.1) is 0 Å². The molecule has 234 valence electrons. The molecule has 7 nitrogen and oxygen atoms in total. The SMILES string of the molecule is C=CC(c1cc(C[C@H](NC(=O)OCc2ccccc2)C(=O)OC(C)(C)C)ccc1OCc1ccccc1)c1cccc(Br)c1O. The topological polar surface area (TPSA) is 94.1 Å². The third-order valence-corrected chi connectivity index (χ3v) is 7.51. The van der Waals surface area contributed by atoms with Crippen molar-refractivity contribution in [2.24, 2.45) is 0 Å². The first-order valence-electron chi connectivity index (χ1n) is 14.6. The van der Waals surface area contributed by atoms with Crippen LogP contribution in [0.4, 0.5) is 4.79 Å². The summed E-state index contributed by atoms with van der Waals surface area (Å²) in [6, 6.07) is 29.1. The van der Waals surface area contributed by atoms with Crippen LogP contribution in [-0.4, -0.2) is 28.8 Å². The largest absolute Gasteiger partial charge is 0.506 e. The molecule has 0 spiro atoms. The van der Waals surface area contributed by atoms with Gasteiger partial charge in [-0.25, -0.2) is 9.59 Å². The van der Waals surface area contributed by atoms with Crippen LogP contribution in [0.1, 0.15) is 54.5 Å². The van der Waals surface area contributed by atoms with Crippen LogP contribution in [-0.2, 0) is 33.9 Å². The Morgan fingerprint density at radius 3 is 2.13 bits per heavy atom. The zero-order valence-electron chi connectivity index (χ0n) is 25.7. The van der Waals surface area contributed by atoms with Crippen LogP contribution in [0.15, 0.2) is 114 Å². The molecule has 0 saturated carbocycles. The number of ether oxygens (including phenoxy) is 3. The number of hydrogen-bond donors (Lipinski definition) is 2. The molecule has 0 aliphatic rings. The lowest BCUT2D eigenvalue weighted by Gasteiger charge is -2.25. The first-order chi connectivity index (χ1) is 21.5. The molecule has 2 atom stereocenters. The number of para-hydroxylation sites is 1. The van der Waals surface area contributed by atoms with E-state index in [4.69, 9.17) is 14.2 Å². The number of esters is 1. The second kappa shape index (κ2) is 15.4. The Kier molecular flexibility index (Phi) is 11.4. The number of alkyl carbamates (subject to hydrolysis) is 1. The highest BCUT2D eigenvalue weighted by atomic mass is 79.9. The summed E-state index contributed by atoms with van der Waals surface area (Å²) < 4.78 is 17.9. The van der Waals surface area contributed by atoms with Crippen LogP contribution >= 0.6 is 15.9 Å². The van der Waals surface area contributed by atoms with Crippen LogP contribution in [0.2, 0.25) is 0 Å². The highest BCUT2D eigenvalue weighted by molar-refractivity contribution is 9.10. The normalized spacial score (nSPS) is 12.4. The van der Waals surface area contributed by atoms with Gasteiger partial charge < -0.3 is 24.6 Å². The smallest absolute Gasteiger partial charge is 0.408 e. The van der Waals surface area contributed by atoms with E-state index >= 15 is 0 Å². The zero-order chi connectivity index (χ0) is 32.4. The predicted molar refractivity (Wildman–Crippen MR) is 178 cm³/mol. The van der Waals surface area contributed by atoms with Gasteiger partial charge in [0.15, 0.2) is 0 Å². The quantitative estimate of drug-likeness (QED) is 0.116. The van der Waals surface area contributed by atoms with Gasteiger partial charge in [-0.3, -0.25) is 0 Å². The minimum absolute atomic E-state index is 0.0580. The average Bonchev–Trinajstić information content (AvgIpc) is 3.02. The third kappa shape index (κ3) is 9.71. The molecule has 0 bridgehead atoms. The fourth-order valence-corrected chi connectivity index (χ4v) is 5.13. The van der Waals surface area contributed by atoms with E-state index in [1.165, 1.54) is 0 Å². The summed E-state index contributed by atoms with van der Waals surface area (Å²) in [5.41, 5.74) is 3.16. The third-order valence-electron chi connectivity index (χ3n) is 6.87. The van der Waals surface area contributed by atoms with Crippen LogP contribution in [0.25, 0.3) is 0 Å². The standard InChI is InChI=1S/C37H38BrNO6/c1-5-28(29-17-12-18-31(38)34(29)40)30-21-27(19-20-33(30)43-23-25-13-8-6-9-14-25)22-32(35(41)45-37(2,3)4)39-36(42)44-24-26-15-10-7-11-16-26/h5-21,28,32,40H,1,22-24H2,2-4H3,(H,39,42)/t28?,32-/m0/s1. The van der Waals surface area contributed by atoms with Crippen molar-refractivity contribution in [1.29, 1.82) is 0 Å². The lowest BCUT2D eigenvalue weighted by atomic mass is 9.88. The van der Waals surface area contributed by atoms with Crippen molar-refractivity contribution >= 4 is 28.0 Å². The highest BCUT2D eigenvalue weighted by Gasteiger charge is 2.29. The predicted octanol–water partition coefficient (Wildman–Crippen LogP) is 8.23. The second-order valence-corrected chi connectivity index (χ2v) is 12.4. The van der Waals surface area contributed by atoms with Crippen LogP contribution in [0.3, 0.4) is 0 Å². The minimum Gasteiger partial charge on any atom is -0.506 e. The molecular weight excluding hydrogens is 634 g/mol. The summed E-state index contributed by atoms with van der Waals surface area (Å²) >= 11 is 3.41. The summed E-state index contributed by atoms with van der Waals surface area (Å²) in [7, 11) is 0. The first kappa shape index (κ1) is 33.3. The number of benzene rings is 4. The number of phenols is 1. The van der Waals surface area contributed by atoms with Crippen LogP contribution < -0.4 is 10.1 Å². The molecule has 1 unspecified atom stereocenters. The Bertz CT molecular complexity index is 1600. The van der Waals surface area contributed by atoms with Gasteiger partial charge in [0, 0.05) is 23.5 Å². The maximum absolute atomic E-state index is 13.3. The number of phenolic OH excluding ortho intramolecular Hbond substituents is 1. The summed E-state index contributed by atoms with van der Waals surface area (Å²) in [6.45, 7) is 9.76. The van der Waals surface area contributed by atoms with Crippen molar-refractivity contribution < 1.29 is 28.9 Å². The summed E-state index contributed by atoms with van der Waals surface area (Å²) in [4.78, 5) is 26.1. The number of amides is 1. The van der Waals surface area contributed by atoms with Gasteiger partial charge in [0.05, 0.1) is 4.47 Å². The van der Waals surface area contributed by atoms with Gasteiger partial charge in [0.2, 0.25) is 0 Å². The van der Waals surface area contributed by atoms with Crippen molar-refractivity contribution in [3.05, 3.63) is 142 Å². The summed E-state index contributed by atoms with van der Waals surface area (Å²) in [5.74, 6) is -0.348. The monoisotopic (exact) mass is 671 g/mol. The molecule has 0 fully saturated rings. The summed E-state index contributed by atoms with van der Waals surface area (Å²) in [5, 5.41) is 13.6. The van der Waals surface area contributed by atoms with E-state index in [0.717, 1.165) is 22.3 Å². The second-order valence-electron chi connectivity index (χ2n) is 11.5. The first-order valence-corrected chi connectivity index (χ1v) is 15.4. The Morgan fingerprint density at radius 2 is 1.51 bits per heavy atom. The lowest BCUT2D eigenvalue weighted by molar-refractivity contribution is -0.157. The molecule has 8 heteroatoms. The van der Waals surface area contributed by atoms with Crippen LogP contribution in [0.5, 0.6) is 11.5 Å². The number of aromatic hydroxyl groups is 1. The van der Waals surface area contributed by atoms with E-state index in [9.17, 15) is 14.7 Å². The van der Waals surface area contributed by atoms with Gasteiger partial charge in [-0.15, -0.1) is 6.58 Å². The highest BCUT2D eigenvalue weighted by Crippen LogP contribution is 2.40. The zero-order valence-corrected chi connectivity index (χ0v) is 27.3. The summed E-state index contributed by atoms with van der Waals surface area (Å²) in [6.07, 6.45) is 1.12. The Balaban J connectivity index is 1.65. The van der Waals surface area contributed by atoms with E-state index in [1.54, 1.807) is 32.9 Å². The lowest BCUT2D eigenvalue weighted by Crippen LogP contribution is -2.45.